The number of fused-ring (bicyclic) bond motifs is 1. The molecule has 0 aromatic heterocycles. The lowest BCUT2D eigenvalue weighted by Gasteiger charge is -2.11. The van der Waals surface area contributed by atoms with Crippen LogP contribution in [0.3, 0.4) is 0 Å². The molecule has 0 amide bonds. The Balaban J connectivity index is 2.14. The third-order valence-corrected chi connectivity index (χ3v) is 2.95. The molecule has 2 unspecified atom stereocenters. The fourth-order valence-corrected chi connectivity index (χ4v) is 2.07. The summed E-state index contributed by atoms with van der Waals surface area (Å²) in [4.78, 5) is 0. The van der Waals surface area contributed by atoms with Crippen LogP contribution in [0.25, 0.3) is 0 Å². The van der Waals surface area contributed by atoms with Crippen LogP contribution in [0, 0.1) is 0 Å². The van der Waals surface area contributed by atoms with Gasteiger partial charge in [0.2, 0.25) is 0 Å². The predicted octanol–water partition coefficient (Wildman–Crippen LogP) is -0.672. The molecule has 0 spiro atoms. The van der Waals surface area contributed by atoms with E-state index in [9.17, 15) is 9.23 Å². The third-order valence-electron chi connectivity index (χ3n) is 2.37. The molecule has 80 valence electrons. The highest BCUT2D eigenvalue weighted by Crippen LogP contribution is 2.22. The molecule has 1 aliphatic heterocycles. The van der Waals surface area contributed by atoms with Gasteiger partial charge < -0.3 is 9.68 Å². The fraction of sp³-hybridized carbons (Fsp3) is 0.333. The van der Waals surface area contributed by atoms with Gasteiger partial charge in [0.05, 0.1) is 17.1 Å². The summed E-state index contributed by atoms with van der Waals surface area (Å²) in [6, 6.07) is 7.51. The van der Waals surface area contributed by atoms with Crippen LogP contribution in [-0.2, 0) is 15.6 Å². The van der Waals surface area contributed by atoms with Crippen molar-refractivity contribution in [1.82, 2.24) is 4.72 Å². The van der Waals surface area contributed by atoms with Crippen molar-refractivity contribution >= 4 is 23.6 Å². The van der Waals surface area contributed by atoms with E-state index >= 15 is 0 Å². The molecule has 0 bridgehead atoms. The Hall–Kier alpha value is -0.685. The molecule has 0 saturated carbocycles. The van der Waals surface area contributed by atoms with Crippen LogP contribution in [0.5, 0.6) is 0 Å². The summed E-state index contributed by atoms with van der Waals surface area (Å²) in [5.74, 6) is 0. The van der Waals surface area contributed by atoms with Crippen LogP contribution < -0.4 is 10.2 Å². The lowest BCUT2D eigenvalue weighted by atomic mass is 9.79. The largest absolute Gasteiger partial charge is 0.492 e. The molecule has 0 fully saturated rings. The lowest BCUT2D eigenvalue weighted by molar-refractivity contribution is 0.194. The number of hydrogen-bond donors (Lipinski definition) is 2. The van der Waals surface area contributed by atoms with E-state index in [1.807, 2.05) is 24.3 Å². The second-order valence-electron chi connectivity index (χ2n) is 3.41. The zero-order chi connectivity index (χ0) is 10.8. The van der Waals surface area contributed by atoms with Gasteiger partial charge in [0, 0.05) is 12.8 Å². The maximum absolute atomic E-state index is 10.9. The van der Waals surface area contributed by atoms with Gasteiger partial charge in [-0.05, 0) is 11.0 Å². The monoisotopic (exact) mass is 225 g/mol. The zero-order valence-corrected chi connectivity index (χ0v) is 9.16. The normalized spacial score (nSPS) is 21.5. The van der Waals surface area contributed by atoms with Crippen molar-refractivity contribution in [2.24, 2.45) is 0 Å². The number of benzene rings is 1. The number of rotatable bonds is 3. The van der Waals surface area contributed by atoms with Crippen molar-refractivity contribution in [3.05, 3.63) is 29.8 Å². The van der Waals surface area contributed by atoms with Crippen LogP contribution in [0.15, 0.2) is 24.3 Å². The van der Waals surface area contributed by atoms with E-state index in [0.29, 0.717) is 6.54 Å². The van der Waals surface area contributed by atoms with E-state index in [0.717, 1.165) is 11.0 Å². The SMILES string of the molecule is CS(=O)NCC1OB(O)c2ccccc21. The molecule has 1 heterocycles. The highest BCUT2D eigenvalue weighted by Gasteiger charge is 2.34. The second kappa shape index (κ2) is 4.44. The van der Waals surface area contributed by atoms with E-state index in [-0.39, 0.29) is 6.10 Å². The Kier molecular flexibility index (Phi) is 3.21. The molecule has 1 aromatic rings. The summed E-state index contributed by atoms with van der Waals surface area (Å²) in [5, 5.41) is 9.59. The molecule has 2 atom stereocenters. The minimum atomic E-state index is -1.06. The average Bonchev–Trinajstić information content (AvgIpc) is 2.54. The zero-order valence-electron chi connectivity index (χ0n) is 8.34. The van der Waals surface area contributed by atoms with Gasteiger partial charge in [-0.2, -0.15) is 0 Å². The minimum Gasteiger partial charge on any atom is -0.423 e. The molecule has 4 nitrogen and oxygen atoms in total. The molecule has 0 saturated heterocycles. The number of hydrogen-bond acceptors (Lipinski definition) is 3. The van der Waals surface area contributed by atoms with Crippen LogP contribution in [0.1, 0.15) is 11.7 Å². The van der Waals surface area contributed by atoms with Gasteiger partial charge in [0.25, 0.3) is 0 Å². The molecule has 2 N–H and O–H groups in total. The van der Waals surface area contributed by atoms with Gasteiger partial charge in [-0.1, -0.05) is 24.3 Å². The minimum absolute atomic E-state index is 0.222. The Morgan fingerprint density at radius 2 is 2.33 bits per heavy atom. The Labute approximate surface area is 91.4 Å². The van der Waals surface area contributed by atoms with Crippen molar-refractivity contribution in [2.75, 3.05) is 12.8 Å². The quantitative estimate of drug-likeness (QED) is 0.670. The molecule has 1 aromatic carbocycles. The smallest absolute Gasteiger partial charge is 0.423 e. The van der Waals surface area contributed by atoms with E-state index in [2.05, 4.69) is 4.72 Å². The van der Waals surface area contributed by atoms with Crippen LogP contribution in [0.2, 0.25) is 0 Å². The third kappa shape index (κ3) is 2.28. The van der Waals surface area contributed by atoms with Gasteiger partial charge in [-0.3, -0.25) is 0 Å². The van der Waals surface area contributed by atoms with Gasteiger partial charge in [0.15, 0.2) is 0 Å². The highest BCUT2D eigenvalue weighted by molar-refractivity contribution is 7.82. The first-order valence-corrected chi connectivity index (χ1v) is 6.23. The van der Waals surface area contributed by atoms with Crippen molar-refractivity contribution in [3.8, 4) is 0 Å². The van der Waals surface area contributed by atoms with Crippen LogP contribution >= 0.6 is 0 Å². The Bertz CT molecular complexity index is 387. The molecule has 1 aliphatic rings. The lowest BCUT2D eigenvalue weighted by Crippen LogP contribution is -2.28. The predicted molar refractivity (Wildman–Crippen MR) is 59.9 cm³/mol. The van der Waals surface area contributed by atoms with Gasteiger partial charge >= 0.3 is 7.12 Å². The van der Waals surface area contributed by atoms with Crippen molar-refractivity contribution in [1.29, 1.82) is 0 Å². The Morgan fingerprint density at radius 3 is 3.07 bits per heavy atom. The van der Waals surface area contributed by atoms with Crippen molar-refractivity contribution in [2.45, 2.75) is 6.10 Å². The fourth-order valence-electron chi connectivity index (χ4n) is 1.68. The average molecular weight is 225 g/mol. The maximum Gasteiger partial charge on any atom is 0.492 e. The molecule has 0 radical (unpaired) electrons. The summed E-state index contributed by atoms with van der Waals surface area (Å²) in [7, 11) is -1.92. The van der Waals surface area contributed by atoms with E-state index < -0.39 is 18.1 Å². The summed E-state index contributed by atoms with van der Waals surface area (Å²) in [6.07, 6.45) is 1.34. The number of nitrogens with one attached hydrogen (secondary N) is 1. The summed E-state index contributed by atoms with van der Waals surface area (Å²) in [5.41, 5.74) is 1.76. The van der Waals surface area contributed by atoms with E-state index in [1.165, 1.54) is 0 Å². The topological polar surface area (TPSA) is 58.6 Å². The molecular weight excluding hydrogens is 213 g/mol. The maximum atomic E-state index is 10.9. The highest BCUT2D eigenvalue weighted by atomic mass is 32.2. The Morgan fingerprint density at radius 1 is 1.60 bits per heavy atom. The van der Waals surface area contributed by atoms with Crippen molar-refractivity contribution < 1.29 is 13.9 Å². The molecular formula is C9H12BNO3S. The first-order valence-electron chi connectivity index (χ1n) is 4.68. The van der Waals surface area contributed by atoms with Gasteiger partial charge in [0.1, 0.15) is 0 Å². The van der Waals surface area contributed by atoms with Gasteiger partial charge in [-0.25, -0.2) is 8.93 Å². The van der Waals surface area contributed by atoms with E-state index in [4.69, 9.17) is 4.65 Å². The summed E-state index contributed by atoms with van der Waals surface area (Å²) < 4.78 is 19.0. The van der Waals surface area contributed by atoms with Crippen molar-refractivity contribution in [3.63, 3.8) is 0 Å². The van der Waals surface area contributed by atoms with E-state index in [1.54, 1.807) is 6.26 Å². The molecule has 6 heteroatoms. The summed E-state index contributed by atoms with van der Waals surface area (Å²) in [6.45, 7) is 0.442. The molecule has 0 aliphatic carbocycles. The first kappa shape index (κ1) is 10.8. The van der Waals surface area contributed by atoms with Gasteiger partial charge in [-0.15, -0.1) is 0 Å². The van der Waals surface area contributed by atoms with Crippen LogP contribution in [0.4, 0.5) is 0 Å². The summed E-state index contributed by atoms with van der Waals surface area (Å²) >= 11 is 0. The second-order valence-corrected chi connectivity index (χ2v) is 4.61. The van der Waals surface area contributed by atoms with Crippen LogP contribution in [-0.4, -0.2) is 29.2 Å². The molecule has 15 heavy (non-hydrogen) atoms. The standard InChI is InChI=1S/C9H12BNO3S/c1-15(13)11-6-9-7-4-2-3-5-8(7)10(12)14-9/h2-5,9,11-12H,6H2,1H3. The molecule has 2 rings (SSSR count). The first-order chi connectivity index (χ1) is 7.18.